The van der Waals surface area contributed by atoms with Gasteiger partial charge in [0.1, 0.15) is 91.6 Å². The lowest BCUT2D eigenvalue weighted by Gasteiger charge is -2.61. The van der Waals surface area contributed by atoms with Crippen molar-refractivity contribution in [3.63, 3.8) is 0 Å². The van der Waals surface area contributed by atoms with Gasteiger partial charge >= 0.3 is 0 Å². The summed E-state index contributed by atoms with van der Waals surface area (Å²) in [7, 11) is 0. The average Bonchev–Trinajstić information content (AvgIpc) is 3.79. The molecule has 4 aliphatic carbocycles. The van der Waals surface area contributed by atoms with Crippen molar-refractivity contribution in [2.24, 2.45) is 52.3 Å². The zero-order chi connectivity index (χ0) is 52.2. The lowest BCUT2D eigenvalue weighted by molar-refractivity contribution is -0.404. The fourth-order valence-corrected chi connectivity index (χ4v) is 15.9. The first-order valence-electron chi connectivity index (χ1n) is 26.8. The van der Waals surface area contributed by atoms with Crippen molar-refractivity contribution in [3.05, 3.63) is 0 Å². The largest absolute Gasteiger partial charge is 0.394 e. The van der Waals surface area contributed by atoms with Gasteiger partial charge in [-0.2, -0.15) is 0 Å². The van der Waals surface area contributed by atoms with Crippen LogP contribution in [0.2, 0.25) is 0 Å². The molecule has 0 amide bonds. The van der Waals surface area contributed by atoms with Crippen LogP contribution in [0.3, 0.4) is 0 Å². The van der Waals surface area contributed by atoms with Crippen molar-refractivity contribution in [2.75, 3.05) is 33.0 Å². The smallest absolute Gasteiger partial charge is 0.187 e. The molecule has 6 heterocycles. The second-order valence-electron chi connectivity index (χ2n) is 24.0. The Morgan fingerprint density at radius 3 is 1.82 bits per heavy atom. The molecule has 0 bridgehead atoms. The standard InChI is InChI=1S/C50H82O23/c1-19-7-12-50(65-17-19)20(2)29-41(73-50)34(58)30-23-6-5-21-13-22(8-10-48(21,3)24(23)9-11-49(29,30)4)66-45-39(63)36(60)40(28(16-53)69-45)70-47-43(72-46-38(62)35(59)32(56)26(14-51)67-46)42(33(57)27(15-52)68-47)71-44-37(61)31(55)25(54)18-64-44/h19-47,51-63H,5-18H2,1-4H3/t19-,20+,21+,22+,23-,24+,25-,26-,27-,28-,29+,30-,31+,32-,33-,34-,35+,36-,37-,38-,39-,40+,41-,42+,43-,44+,45-,46+,47+,48+,49-,50-/m1/s1. The Labute approximate surface area is 424 Å². The van der Waals surface area contributed by atoms with E-state index in [0.29, 0.717) is 37.2 Å². The Kier molecular flexibility index (Phi) is 16.1. The molecule has 73 heavy (non-hydrogen) atoms. The lowest BCUT2D eigenvalue weighted by Crippen LogP contribution is -2.68. The Morgan fingerprint density at radius 2 is 1.12 bits per heavy atom. The normalized spacial score (nSPS) is 58.2. The summed E-state index contributed by atoms with van der Waals surface area (Å²) in [6, 6.07) is 0. The van der Waals surface area contributed by atoms with Gasteiger partial charge in [0.15, 0.2) is 30.9 Å². The van der Waals surface area contributed by atoms with Gasteiger partial charge in [-0.3, -0.25) is 0 Å². The summed E-state index contributed by atoms with van der Waals surface area (Å²) < 4.78 is 61.1. The average molecular weight is 1050 g/mol. The molecule has 10 aliphatic rings. The fourth-order valence-electron chi connectivity index (χ4n) is 15.9. The summed E-state index contributed by atoms with van der Waals surface area (Å²) >= 11 is 0. The summed E-state index contributed by atoms with van der Waals surface area (Å²) in [5, 5.41) is 142. The maximum absolute atomic E-state index is 12.2. The van der Waals surface area contributed by atoms with E-state index in [2.05, 4.69) is 27.7 Å². The number of hydrogen-bond donors (Lipinski definition) is 13. The van der Waals surface area contributed by atoms with Crippen LogP contribution in [0.25, 0.3) is 0 Å². The van der Waals surface area contributed by atoms with Gasteiger partial charge in [-0.25, -0.2) is 0 Å². The molecule has 13 N–H and O–H groups in total. The quantitative estimate of drug-likeness (QED) is 0.0902. The molecule has 0 aromatic heterocycles. The van der Waals surface area contributed by atoms with E-state index in [1.807, 2.05) is 0 Å². The van der Waals surface area contributed by atoms with Crippen molar-refractivity contribution < 1.29 is 114 Å². The number of aliphatic hydroxyl groups excluding tert-OH is 13. The molecule has 23 nitrogen and oxygen atoms in total. The minimum atomic E-state index is -2.01. The SMILES string of the molecule is C[C@@H]1CC[C@@]2(OC1)O[C@H]1[C@H](O)[C@H]3[C@@H]4CC[C@H]5C[C@@H](O[C@@H]6O[C@H](CO)[C@H](O[C@@H]7O[C@H](CO)[C@@H](O)[C@H](O[C@@H]8OC[C@@H](O)[C@H](O)[C@H]8O)[C@H]7O[C@@H]7O[C@H](CO)[C@@H](O)[C@H](O)[C@H]7O)[C@H](O)[C@H]6O)CC[C@]5(C)[C@H]4CC[C@]3(C)[C@H]1[C@@H]2C. The zero-order valence-corrected chi connectivity index (χ0v) is 42.0. The summed E-state index contributed by atoms with van der Waals surface area (Å²) in [6.07, 6.45) is -26.4. The highest BCUT2D eigenvalue weighted by Gasteiger charge is 2.72. The van der Waals surface area contributed by atoms with Crippen molar-refractivity contribution in [2.45, 2.75) is 226 Å². The van der Waals surface area contributed by atoms with Gasteiger partial charge < -0.3 is 114 Å². The molecule has 0 aromatic carbocycles. The first kappa shape index (κ1) is 55.4. The molecule has 6 saturated heterocycles. The van der Waals surface area contributed by atoms with Gasteiger partial charge in [0.05, 0.1) is 51.3 Å². The van der Waals surface area contributed by atoms with Crippen LogP contribution >= 0.6 is 0 Å². The van der Waals surface area contributed by atoms with Gasteiger partial charge in [0, 0.05) is 18.3 Å². The van der Waals surface area contributed by atoms with Crippen LogP contribution in [0.4, 0.5) is 0 Å². The third kappa shape index (κ3) is 9.39. The number of ether oxygens (including phenoxy) is 10. The Hall–Kier alpha value is -0.920. The molecule has 420 valence electrons. The van der Waals surface area contributed by atoms with Crippen LogP contribution in [0.15, 0.2) is 0 Å². The van der Waals surface area contributed by atoms with E-state index < -0.39 is 155 Å². The molecular formula is C50H82O23. The maximum atomic E-state index is 12.2. The van der Waals surface area contributed by atoms with Crippen LogP contribution in [0.5, 0.6) is 0 Å². The summed E-state index contributed by atoms with van der Waals surface area (Å²) in [4.78, 5) is 0. The van der Waals surface area contributed by atoms with Gasteiger partial charge in [0.25, 0.3) is 0 Å². The molecule has 0 aromatic rings. The minimum Gasteiger partial charge on any atom is -0.394 e. The highest BCUT2D eigenvalue weighted by molar-refractivity contribution is 5.18. The van der Waals surface area contributed by atoms with Gasteiger partial charge in [-0.1, -0.05) is 27.7 Å². The maximum Gasteiger partial charge on any atom is 0.187 e. The Morgan fingerprint density at radius 1 is 0.507 bits per heavy atom. The molecule has 0 unspecified atom stereocenters. The second-order valence-corrected chi connectivity index (χ2v) is 24.0. The number of aliphatic hydroxyl groups is 13. The first-order chi connectivity index (χ1) is 34.7. The van der Waals surface area contributed by atoms with Gasteiger partial charge in [-0.15, -0.1) is 0 Å². The van der Waals surface area contributed by atoms with Crippen molar-refractivity contribution >= 4 is 0 Å². The third-order valence-corrected chi connectivity index (χ3v) is 20.0. The number of fused-ring (bicyclic) bond motifs is 7. The number of rotatable bonds is 11. The van der Waals surface area contributed by atoms with E-state index in [1.165, 1.54) is 0 Å². The predicted molar refractivity (Wildman–Crippen MR) is 244 cm³/mol. The molecule has 32 atom stereocenters. The van der Waals surface area contributed by atoms with Crippen LogP contribution < -0.4 is 0 Å². The predicted octanol–water partition coefficient (Wildman–Crippen LogP) is -3.30. The molecule has 1 spiro atoms. The Balaban J connectivity index is 0.818. The van der Waals surface area contributed by atoms with Crippen LogP contribution in [0, 0.1) is 52.3 Å². The van der Waals surface area contributed by atoms with Crippen LogP contribution in [-0.4, -0.2) is 240 Å². The van der Waals surface area contributed by atoms with Crippen molar-refractivity contribution in [1.82, 2.24) is 0 Å². The zero-order valence-electron chi connectivity index (χ0n) is 42.0. The molecule has 10 fully saturated rings. The van der Waals surface area contributed by atoms with Gasteiger partial charge in [-0.05, 0) is 91.8 Å². The van der Waals surface area contributed by atoms with E-state index in [-0.39, 0.29) is 46.7 Å². The molecular weight excluding hydrogens is 969 g/mol. The van der Waals surface area contributed by atoms with Crippen molar-refractivity contribution in [3.8, 4) is 0 Å². The van der Waals surface area contributed by atoms with Crippen molar-refractivity contribution in [1.29, 1.82) is 0 Å². The highest BCUT2D eigenvalue weighted by atomic mass is 16.8. The highest BCUT2D eigenvalue weighted by Crippen LogP contribution is 2.71. The third-order valence-electron chi connectivity index (χ3n) is 20.0. The Bertz CT molecular complexity index is 1860. The van der Waals surface area contributed by atoms with E-state index in [0.717, 1.165) is 44.9 Å². The molecule has 10 rings (SSSR count). The van der Waals surface area contributed by atoms with E-state index in [9.17, 15) is 66.4 Å². The van der Waals surface area contributed by atoms with E-state index >= 15 is 0 Å². The molecule has 6 aliphatic heterocycles. The minimum absolute atomic E-state index is 0.0337. The second kappa shape index (κ2) is 21.3. The van der Waals surface area contributed by atoms with Gasteiger partial charge in [0.2, 0.25) is 0 Å². The fraction of sp³-hybridized carbons (Fsp3) is 1.00. The molecule has 23 heteroatoms. The van der Waals surface area contributed by atoms with E-state index in [1.54, 1.807) is 0 Å². The lowest BCUT2D eigenvalue weighted by atomic mass is 9.44. The first-order valence-corrected chi connectivity index (χ1v) is 26.8. The topological polar surface area (TPSA) is 355 Å². The summed E-state index contributed by atoms with van der Waals surface area (Å²) in [5.74, 6) is 1.35. The van der Waals surface area contributed by atoms with Crippen LogP contribution in [0.1, 0.15) is 85.5 Å². The summed E-state index contributed by atoms with van der Waals surface area (Å²) in [5.41, 5.74) is -0.111. The molecule has 4 saturated carbocycles. The number of hydrogen-bond acceptors (Lipinski definition) is 23. The van der Waals surface area contributed by atoms with E-state index in [4.69, 9.17) is 47.4 Å². The van der Waals surface area contributed by atoms with Crippen LogP contribution in [-0.2, 0) is 47.4 Å². The monoisotopic (exact) mass is 1050 g/mol. The molecule has 0 radical (unpaired) electrons. The summed E-state index contributed by atoms with van der Waals surface area (Å²) in [6.45, 7) is 6.90.